The number of hydrogen-bond acceptors (Lipinski definition) is 6. The van der Waals surface area contributed by atoms with E-state index in [-0.39, 0.29) is 17.0 Å². The van der Waals surface area contributed by atoms with Gasteiger partial charge in [0.1, 0.15) is 5.75 Å². The highest BCUT2D eigenvalue weighted by atomic mass is 16.6. The lowest BCUT2D eigenvalue weighted by Crippen LogP contribution is -2.38. The number of nitrogens with zero attached hydrogens (tertiary/aromatic N) is 1. The van der Waals surface area contributed by atoms with Crippen LogP contribution in [0.1, 0.15) is 17.3 Å². The molecule has 0 heterocycles. The number of carbonyl (C=O) groups excluding carboxylic acids is 3. The number of urea groups is 1. The van der Waals surface area contributed by atoms with Crippen LogP contribution in [0.3, 0.4) is 0 Å². The van der Waals surface area contributed by atoms with Crippen LogP contribution in [-0.2, 0) is 4.79 Å². The highest BCUT2D eigenvalue weighted by Crippen LogP contribution is 2.24. The molecule has 0 spiro atoms. The van der Waals surface area contributed by atoms with Gasteiger partial charge >= 0.3 is 6.03 Å². The third-order valence-electron chi connectivity index (χ3n) is 2.17. The van der Waals surface area contributed by atoms with E-state index in [9.17, 15) is 24.5 Å². The number of Topliss-reactive ketones (excluding diaryl/α,β-unsaturated/α-hetero) is 1. The summed E-state index contributed by atoms with van der Waals surface area (Å²) < 4.78 is 5.03. The summed E-state index contributed by atoms with van der Waals surface area (Å²) in [4.78, 5) is 42.9. The van der Waals surface area contributed by atoms with Crippen LogP contribution in [0.4, 0.5) is 10.5 Å². The summed E-state index contributed by atoms with van der Waals surface area (Å²) in [6, 6.07) is 2.35. The second-order valence-electron chi connectivity index (χ2n) is 3.69. The number of ketones is 1. The van der Waals surface area contributed by atoms with Crippen molar-refractivity contribution in [2.75, 3.05) is 6.61 Å². The van der Waals surface area contributed by atoms with Crippen LogP contribution in [0.2, 0.25) is 0 Å². The Labute approximate surface area is 112 Å². The Hall–Kier alpha value is -2.97. The molecule has 3 N–H and O–H groups in total. The molecule has 0 fully saturated rings. The van der Waals surface area contributed by atoms with Gasteiger partial charge in [0.05, 0.1) is 10.5 Å². The average molecular weight is 281 g/mol. The molecular weight excluding hydrogens is 270 g/mol. The maximum Gasteiger partial charge on any atom is 0.318 e. The van der Waals surface area contributed by atoms with E-state index in [4.69, 9.17) is 10.5 Å². The molecule has 20 heavy (non-hydrogen) atoms. The molecule has 0 unspecified atom stereocenters. The molecule has 0 aromatic heterocycles. The van der Waals surface area contributed by atoms with Crippen LogP contribution >= 0.6 is 0 Å². The van der Waals surface area contributed by atoms with E-state index in [1.165, 1.54) is 13.0 Å². The molecule has 1 aromatic carbocycles. The van der Waals surface area contributed by atoms with Gasteiger partial charge in [0, 0.05) is 12.1 Å². The molecule has 0 aliphatic carbocycles. The number of ether oxygens (including phenoxy) is 1. The lowest BCUT2D eigenvalue weighted by Gasteiger charge is -2.09. The monoisotopic (exact) mass is 281 g/mol. The van der Waals surface area contributed by atoms with Crippen LogP contribution in [0.5, 0.6) is 5.75 Å². The van der Waals surface area contributed by atoms with Gasteiger partial charge in [-0.2, -0.15) is 0 Å². The molecule has 9 nitrogen and oxygen atoms in total. The second kappa shape index (κ2) is 6.27. The molecular formula is C11H11N3O6. The molecule has 106 valence electrons. The quantitative estimate of drug-likeness (QED) is 0.453. The number of hydrogen-bond donors (Lipinski definition) is 2. The van der Waals surface area contributed by atoms with Gasteiger partial charge in [0.25, 0.3) is 11.6 Å². The van der Waals surface area contributed by atoms with E-state index in [2.05, 4.69) is 0 Å². The Bertz CT molecular complexity index is 584. The highest BCUT2D eigenvalue weighted by Gasteiger charge is 2.16. The summed E-state index contributed by atoms with van der Waals surface area (Å²) in [6.45, 7) is 0.649. The largest absolute Gasteiger partial charge is 0.483 e. The summed E-state index contributed by atoms with van der Waals surface area (Å²) in [6.07, 6.45) is 0. The number of rotatable bonds is 5. The third-order valence-corrected chi connectivity index (χ3v) is 2.17. The predicted molar refractivity (Wildman–Crippen MR) is 66.3 cm³/mol. The SMILES string of the molecule is CC(=O)c1cc([N+](=O)[O-])ccc1OCC(=O)NC(N)=O. The standard InChI is InChI=1S/C11H11N3O6/c1-6(15)8-4-7(14(18)19)2-3-9(8)20-5-10(16)13-11(12)17/h2-4H,5H2,1H3,(H3,12,13,16,17). The Morgan fingerprint density at radius 1 is 1.40 bits per heavy atom. The van der Waals surface area contributed by atoms with E-state index in [0.29, 0.717) is 0 Å². The van der Waals surface area contributed by atoms with Gasteiger partial charge in [0.2, 0.25) is 0 Å². The minimum Gasteiger partial charge on any atom is -0.483 e. The predicted octanol–water partition coefficient (Wildman–Crippen LogP) is 0.371. The van der Waals surface area contributed by atoms with Crippen molar-refractivity contribution in [1.82, 2.24) is 5.32 Å². The van der Waals surface area contributed by atoms with Crippen molar-refractivity contribution in [3.63, 3.8) is 0 Å². The van der Waals surface area contributed by atoms with Crippen molar-refractivity contribution in [2.24, 2.45) is 5.73 Å². The van der Waals surface area contributed by atoms with Gasteiger partial charge in [0.15, 0.2) is 12.4 Å². The number of non-ortho nitro benzene ring substituents is 1. The fourth-order valence-electron chi connectivity index (χ4n) is 1.35. The first-order chi connectivity index (χ1) is 9.31. The smallest absolute Gasteiger partial charge is 0.318 e. The topological polar surface area (TPSA) is 142 Å². The number of imide groups is 1. The first-order valence-electron chi connectivity index (χ1n) is 5.32. The minimum atomic E-state index is -1.03. The van der Waals surface area contributed by atoms with E-state index >= 15 is 0 Å². The van der Waals surface area contributed by atoms with Crippen LogP contribution in [0.15, 0.2) is 18.2 Å². The summed E-state index contributed by atoms with van der Waals surface area (Å²) in [5.41, 5.74) is 4.43. The van der Waals surface area contributed by atoms with Gasteiger partial charge < -0.3 is 10.5 Å². The number of carbonyl (C=O) groups is 3. The summed E-state index contributed by atoms with van der Waals surface area (Å²) in [5.74, 6) is -1.26. The summed E-state index contributed by atoms with van der Waals surface area (Å²) >= 11 is 0. The number of amides is 3. The molecule has 0 radical (unpaired) electrons. The van der Waals surface area contributed by atoms with Crippen molar-refractivity contribution in [2.45, 2.75) is 6.92 Å². The van der Waals surface area contributed by atoms with Crippen molar-refractivity contribution >= 4 is 23.4 Å². The molecule has 0 aliphatic rings. The Balaban J connectivity index is 2.89. The fraction of sp³-hybridized carbons (Fsp3) is 0.182. The number of benzene rings is 1. The zero-order valence-corrected chi connectivity index (χ0v) is 10.4. The first-order valence-corrected chi connectivity index (χ1v) is 5.32. The number of nitro groups is 1. The average Bonchev–Trinajstić information content (AvgIpc) is 2.35. The summed E-state index contributed by atoms with van der Waals surface area (Å²) in [7, 11) is 0. The lowest BCUT2D eigenvalue weighted by molar-refractivity contribution is -0.384. The molecule has 0 saturated heterocycles. The van der Waals surface area contributed by atoms with Crippen LogP contribution < -0.4 is 15.8 Å². The molecule has 0 aliphatic heterocycles. The van der Waals surface area contributed by atoms with Crippen LogP contribution in [0, 0.1) is 10.1 Å². The maximum absolute atomic E-state index is 11.4. The minimum absolute atomic E-state index is 0.00252. The lowest BCUT2D eigenvalue weighted by atomic mass is 10.1. The molecule has 0 saturated carbocycles. The van der Waals surface area contributed by atoms with Gasteiger partial charge in [-0.1, -0.05) is 0 Å². The third kappa shape index (κ3) is 4.05. The molecule has 0 atom stereocenters. The van der Waals surface area contributed by atoms with E-state index in [1.807, 2.05) is 0 Å². The molecule has 0 bridgehead atoms. The maximum atomic E-state index is 11.4. The van der Waals surface area contributed by atoms with Gasteiger partial charge in [-0.15, -0.1) is 0 Å². The summed E-state index contributed by atoms with van der Waals surface area (Å²) in [5, 5.41) is 12.4. The van der Waals surface area contributed by atoms with Crippen molar-refractivity contribution in [3.8, 4) is 5.75 Å². The van der Waals surface area contributed by atoms with Crippen LogP contribution in [-0.4, -0.2) is 29.3 Å². The normalized spacial score (nSPS) is 9.65. The zero-order valence-electron chi connectivity index (χ0n) is 10.4. The van der Waals surface area contributed by atoms with Crippen molar-refractivity contribution in [1.29, 1.82) is 0 Å². The second-order valence-corrected chi connectivity index (χ2v) is 3.69. The van der Waals surface area contributed by atoms with Crippen LogP contribution in [0.25, 0.3) is 0 Å². The zero-order chi connectivity index (χ0) is 15.3. The number of nitrogens with two attached hydrogens (primary N) is 1. The Morgan fingerprint density at radius 3 is 2.55 bits per heavy atom. The number of primary amides is 1. The van der Waals surface area contributed by atoms with Crippen molar-refractivity contribution in [3.05, 3.63) is 33.9 Å². The van der Waals surface area contributed by atoms with E-state index in [0.717, 1.165) is 12.1 Å². The molecule has 1 aromatic rings. The van der Waals surface area contributed by atoms with E-state index < -0.39 is 29.3 Å². The fourth-order valence-corrected chi connectivity index (χ4v) is 1.35. The van der Waals surface area contributed by atoms with Crippen molar-refractivity contribution < 1.29 is 24.0 Å². The first kappa shape index (κ1) is 15.1. The van der Waals surface area contributed by atoms with E-state index in [1.54, 1.807) is 5.32 Å². The molecule has 1 rings (SSSR count). The van der Waals surface area contributed by atoms with Gasteiger partial charge in [-0.25, -0.2) is 4.79 Å². The Kier molecular flexibility index (Phi) is 4.73. The van der Waals surface area contributed by atoms with Gasteiger partial charge in [-0.3, -0.25) is 25.0 Å². The molecule has 3 amide bonds. The highest BCUT2D eigenvalue weighted by molar-refractivity contribution is 5.98. The molecule has 9 heteroatoms. The number of nitrogens with one attached hydrogen (secondary N) is 1. The number of nitro benzene ring substituents is 1. The Morgan fingerprint density at radius 2 is 2.05 bits per heavy atom. The van der Waals surface area contributed by atoms with Gasteiger partial charge in [-0.05, 0) is 13.0 Å².